The lowest BCUT2D eigenvalue weighted by Crippen LogP contribution is -2.49. The molecule has 3 heterocycles. The summed E-state index contributed by atoms with van der Waals surface area (Å²) < 4.78 is 9.35. The molecule has 3 aromatic rings. The summed E-state index contributed by atoms with van der Waals surface area (Å²) in [6.45, 7) is 6.71. The lowest BCUT2D eigenvalue weighted by Gasteiger charge is -2.41. The van der Waals surface area contributed by atoms with Crippen molar-refractivity contribution >= 4 is 46.1 Å². The quantitative estimate of drug-likeness (QED) is 0.417. The standard InChI is InChI=1S/C29H33IN6O4/c1-28(2,3)40-27(39)34-12-10-29(11-13-34)20-14-19(20)23-22(29)24(38)36-26(32-25(30)33-36)35(23)15-21(37)31-18-8-6-17(7-9-18)16-4-5-16/h6-9,16,19-20H,4-5,10-15H2,1-3H3,(H,31,37)/t19-,20+/m0/s1. The van der Waals surface area contributed by atoms with Crippen LogP contribution in [0.3, 0.4) is 0 Å². The van der Waals surface area contributed by atoms with E-state index >= 15 is 0 Å². The van der Waals surface area contributed by atoms with E-state index in [1.807, 2.05) is 60.1 Å². The lowest BCUT2D eigenvalue weighted by atomic mass is 9.71. The molecular formula is C29H33IN6O4. The summed E-state index contributed by atoms with van der Waals surface area (Å²) in [5.41, 5.74) is 2.72. The third kappa shape index (κ3) is 4.31. The van der Waals surface area contributed by atoms with E-state index in [4.69, 9.17) is 4.74 Å². The van der Waals surface area contributed by atoms with Crippen LogP contribution in [0.5, 0.6) is 0 Å². The van der Waals surface area contributed by atoms with Gasteiger partial charge in [0.25, 0.3) is 5.56 Å². The fraction of sp³-hybridized carbons (Fsp3) is 0.552. The van der Waals surface area contributed by atoms with E-state index in [1.165, 1.54) is 22.9 Å². The van der Waals surface area contributed by atoms with Crippen LogP contribution in [0.1, 0.15) is 81.5 Å². The Bertz CT molecular complexity index is 1590. The van der Waals surface area contributed by atoms with Gasteiger partial charge in [0, 0.05) is 64.0 Å². The van der Waals surface area contributed by atoms with Crippen LogP contribution in [0.4, 0.5) is 10.5 Å². The number of anilines is 1. The first kappa shape index (κ1) is 26.0. The van der Waals surface area contributed by atoms with Gasteiger partial charge >= 0.3 is 6.09 Å². The number of halogens is 1. The predicted molar refractivity (Wildman–Crippen MR) is 157 cm³/mol. The number of hydrogen-bond acceptors (Lipinski definition) is 6. The Morgan fingerprint density at radius 1 is 1.15 bits per heavy atom. The number of carbonyl (C=O) groups is 2. The van der Waals surface area contributed by atoms with Gasteiger partial charge in [-0.2, -0.15) is 9.50 Å². The van der Waals surface area contributed by atoms with Gasteiger partial charge in [-0.1, -0.05) is 12.1 Å². The smallest absolute Gasteiger partial charge is 0.410 e. The summed E-state index contributed by atoms with van der Waals surface area (Å²) in [6, 6.07) is 8.10. The number of nitrogens with one attached hydrogen (secondary N) is 1. The van der Waals surface area contributed by atoms with E-state index in [0.717, 1.165) is 23.4 Å². The Hall–Kier alpha value is -2.96. The maximum absolute atomic E-state index is 13.9. The van der Waals surface area contributed by atoms with Gasteiger partial charge in [0.15, 0.2) is 0 Å². The number of hydrogen-bond donors (Lipinski definition) is 1. The fourth-order valence-electron chi connectivity index (χ4n) is 6.99. The molecule has 0 radical (unpaired) electrons. The zero-order chi connectivity index (χ0) is 28.0. The minimum atomic E-state index is -0.558. The predicted octanol–water partition coefficient (Wildman–Crippen LogP) is 4.40. The summed E-state index contributed by atoms with van der Waals surface area (Å²) in [6.07, 6.45) is 4.51. The second-order valence-corrected chi connectivity index (χ2v) is 13.7. The molecule has 11 heteroatoms. The van der Waals surface area contributed by atoms with Gasteiger partial charge in [-0.05, 0) is 82.4 Å². The van der Waals surface area contributed by atoms with Gasteiger partial charge in [-0.15, -0.1) is 5.10 Å². The molecule has 2 aromatic heterocycles. The highest BCUT2D eigenvalue weighted by molar-refractivity contribution is 14.1. The van der Waals surface area contributed by atoms with Crippen LogP contribution in [0.2, 0.25) is 0 Å². The Balaban J connectivity index is 1.20. The first-order chi connectivity index (χ1) is 19.0. The molecule has 2 amide bonds. The van der Waals surface area contributed by atoms with E-state index in [-0.39, 0.29) is 35.4 Å². The van der Waals surface area contributed by atoms with Crippen molar-refractivity contribution in [3.05, 3.63) is 55.3 Å². The van der Waals surface area contributed by atoms with Gasteiger partial charge in [-0.3, -0.25) is 9.59 Å². The molecule has 4 aliphatic rings. The summed E-state index contributed by atoms with van der Waals surface area (Å²) in [5, 5.41) is 7.45. The van der Waals surface area contributed by atoms with Crippen LogP contribution in [0.15, 0.2) is 29.1 Å². The second kappa shape index (κ2) is 9.02. The number of likely N-dealkylation sites (tertiary alicyclic amines) is 1. The highest BCUT2D eigenvalue weighted by atomic mass is 127. The average Bonchev–Trinajstić information content (AvgIpc) is 3.82. The van der Waals surface area contributed by atoms with Crippen molar-refractivity contribution in [2.75, 3.05) is 18.4 Å². The zero-order valence-corrected chi connectivity index (χ0v) is 25.1. The van der Waals surface area contributed by atoms with Crippen LogP contribution >= 0.6 is 22.6 Å². The van der Waals surface area contributed by atoms with Crippen LogP contribution in [0.25, 0.3) is 5.78 Å². The molecule has 3 fully saturated rings. The first-order valence-corrected chi connectivity index (χ1v) is 15.2. The Labute approximate surface area is 245 Å². The van der Waals surface area contributed by atoms with Crippen molar-refractivity contribution in [3.63, 3.8) is 0 Å². The van der Waals surface area contributed by atoms with Crippen molar-refractivity contribution in [2.45, 2.75) is 82.3 Å². The maximum Gasteiger partial charge on any atom is 0.410 e. The van der Waals surface area contributed by atoms with Gasteiger partial charge in [0.2, 0.25) is 15.5 Å². The number of benzene rings is 1. The number of piperidine rings is 1. The molecule has 1 aromatic carbocycles. The molecule has 40 heavy (non-hydrogen) atoms. The largest absolute Gasteiger partial charge is 0.444 e. The minimum Gasteiger partial charge on any atom is -0.444 e. The summed E-state index contributed by atoms with van der Waals surface area (Å²) >= 11 is 2.01. The van der Waals surface area contributed by atoms with Crippen molar-refractivity contribution in [1.29, 1.82) is 0 Å². The highest BCUT2D eigenvalue weighted by Gasteiger charge is 2.64. The topological polar surface area (TPSA) is 111 Å². The second-order valence-electron chi connectivity index (χ2n) is 12.8. The summed E-state index contributed by atoms with van der Waals surface area (Å²) in [5.74, 6) is 1.43. The van der Waals surface area contributed by atoms with Gasteiger partial charge in [-0.25, -0.2) is 4.79 Å². The van der Waals surface area contributed by atoms with Crippen LogP contribution < -0.4 is 10.9 Å². The number of carbonyl (C=O) groups excluding carboxylic acids is 2. The summed E-state index contributed by atoms with van der Waals surface area (Å²) in [4.78, 5) is 46.3. The van der Waals surface area contributed by atoms with E-state index in [1.54, 1.807) is 4.90 Å². The Morgan fingerprint density at radius 3 is 2.50 bits per heavy atom. The molecule has 2 saturated carbocycles. The van der Waals surface area contributed by atoms with Crippen molar-refractivity contribution in [2.24, 2.45) is 5.92 Å². The third-order valence-electron chi connectivity index (χ3n) is 8.96. The number of aromatic nitrogens is 4. The maximum atomic E-state index is 13.9. The first-order valence-electron chi connectivity index (χ1n) is 14.1. The molecule has 1 aliphatic heterocycles. The number of rotatable bonds is 4. The molecule has 2 atom stereocenters. The molecule has 7 rings (SSSR count). The molecule has 1 spiro atoms. The molecule has 3 aliphatic carbocycles. The normalized spacial score (nSPS) is 22.8. The zero-order valence-electron chi connectivity index (χ0n) is 22.9. The SMILES string of the molecule is CC(C)(C)OC(=O)N1CCC2(CC1)c1c(n(CC(=O)Nc3ccc(C4CC4)cc3)c3nc(I)nn3c1=O)[C@H]1C[C@H]12. The van der Waals surface area contributed by atoms with E-state index in [9.17, 15) is 14.4 Å². The fourth-order valence-corrected chi connectivity index (χ4v) is 7.42. The molecular weight excluding hydrogens is 623 g/mol. The van der Waals surface area contributed by atoms with Crippen LogP contribution in [-0.2, 0) is 21.5 Å². The monoisotopic (exact) mass is 656 g/mol. The van der Waals surface area contributed by atoms with Crippen molar-refractivity contribution in [1.82, 2.24) is 24.1 Å². The number of nitrogens with zero attached hydrogens (tertiary/aromatic N) is 5. The van der Waals surface area contributed by atoms with E-state index in [0.29, 0.717) is 47.4 Å². The van der Waals surface area contributed by atoms with Crippen LogP contribution in [0, 0.1) is 9.75 Å². The van der Waals surface area contributed by atoms with E-state index < -0.39 is 5.60 Å². The van der Waals surface area contributed by atoms with E-state index in [2.05, 4.69) is 27.5 Å². The Kier molecular flexibility index (Phi) is 5.86. The van der Waals surface area contributed by atoms with Gasteiger partial charge in [0.05, 0.1) is 0 Å². The van der Waals surface area contributed by atoms with Crippen molar-refractivity contribution < 1.29 is 14.3 Å². The van der Waals surface area contributed by atoms with Gasteiger partial charge < -0.3 is 19.5 Å². The molecule has 0 bridgehead atoms. The van der Waals surface area contributed by atoms with Crippen LogP contribution in [-0.4, -0.2) is 54.8 Å². The average molecular weight is 657 g/mol. The van der Waals surface area contributed by atoms with Gasteiger partial charge in [0.1, 0.15) is 12.1 Å². The van der Waals surface area contributed by atoms with Crippen molar-refractivity contribution in [3.8, 4) is 0 Å². The summed E-state index contributed by atoms with van der Waals surface area (Å²) in [7, 11) is 0. The molecule has 0 unspecified atom stereocenters. The Morgan fingerprint density at radius 2 is 1.85 bits per heavy atom. The molecule has 1 N–H and O–H groups in total. The number of fused-ring (bicyclic) bond motifs is 6. The third-order valence-corrected chi connectivity index (χ3v) is 9.42. The lowest BCUT2D eigenvalue weighted by molar-refractivity contribution is -0.116. The molecule has 1 saturated heterocycles. The molecule has 210 valence electrons. The highest BCUT2D eigenvalue weighted by Crippen LogP contribution is 2.67. The number of amides is 2. The molecule has 10 nitrogen and oxygen atoms in total. The number of ether oxygens (including phenoxy) is 1. The minimum absolute atomic E-state index is 0.0502.